The SMILES string of the molecule is O=C(NC1CCCC(CO)C1)n1ccnc1. The zero-order valence-corrected chi connectivity index (χ0v) is 9.17. The number of aliphatic hydroxyl groups is 1. The van der Waals surface area contributed by atoms with Crippen LogP contribution in [0.15, 0.2) is 18.7 Å². The standard InChI is InChI=1S/C11H17N3O2/c15-7-9-2-1-3-10(6-9)13-11(16)14-5-4-12-8-14/h4-5,8-10,15H,1-3,6-7H2,(H,13,16). The highest BCUT2D eigenvalue weighted by molar-refractivity contribution is 5.76. The summed E-state index contributed by atoms with van der Waals surface area (Å²) in [5.74, 6) is 0.335. The first-order valence-corrected chi connectivity index (χ1v) is 5.69. The minimum absolute atomic E-state index is 0.138. The molecule has 88 valence electrons. The Hall–Kier alpha value is -1.36. The third-order valence-corrected chi connectivity index (χ3v) is 3.11. The lowest BCUT2D eigenvalue weighted by molar-refractivity contribution is 0.170. The summed E-state index contributed by atoms with van der Waals surface area (Å²) in [7, 11) is 0. The molecule has 1 amide bonds. The molecule has 2 atom stereocenters. The summed E-state index contributed by atoms with van der Waals surface area (Å²) in [6, 6.07) is 0.0434. The second-order valence-corrected chi connectivity index (χ2v) is 4.33. The summed E-state index contributed by atoms with van der Waals surface area (Å²) in [6.07, 6.45) is 8.70. The van der Waals surface area contributed by atoms with Crippen LogP contribution in [0.3, 0.4) is 0 Å². The van der Waals surface area contributed by atoms with E-state index in [0.29, 0.717) is 5.92 Å². The molecule has 0 aliphatic heterocycles. The van der Waals surface area contributed by atoms with Gasteiger partial charge in [-0.2, -0.15) is 0 Å². The van der Waals surface area contributed by atoms with Gasteiger partial charge in [0.25, 0.3) is 0 Å². The molecule has 5 heteroatoms. The molecular formula is C11H17N3O2. The van der Waals surface area contributed by atoms with E-state index in [1.165, 1.54) is 10.9 Å². The number of imidazole rings is 1. The maximum atomic E-state index is 11.7. The fraction of sp³-hybridized carbons (Fsp3) is 0.636. The number of hydrogen-bond donors (Lipinski definition) is 2. The molecule has 1 aromatic rings. The Bertz CT molecular complexity index is 337. The van der Waals surface area contributed by atoms with Gasteiger partial charge in [-0.25, -0.2) is 9.78 Å². The van der Waals surface area contributed by atoms with Gasteiger partial charge in [-0.3, -0.25) is 4.57 Å². The molecule has 1 fully saturated rings. The Kier molecular flexibility index (Phi) is 3.56. The van der Waals surface area contributed by atoms with Gasteiger partial charge in [-0.1, -0.05) is 6.42 Å². The van der Waals surface area contributed by atoms with Crippen LogP contribution in [0.2, 0.25) is 0 Å². The average molecular weight is 223 g/mol. The summed E-state index contributed by atoms with van der Waals surface area (Å²) in [5, 5.41) is 12.1. The average Bonchev–Trinajstić information content (AvgIpc) is 2.83. The lowest BCUT2D eigenvalue weighted by atomic mass is 9.86. The van der Waals surface area contributed by atoms with Crippen LogP contribution in [0.4, 0.5) is 4.79 Å². The maximum Gasteiger partial charge on any atom is 0.327 e. The molecule has 0 bridgehead atoms. The molecule has 0 saturated heterocycles. The monoisotopic (exact) mass is 223 g/mol. The number of aromatic nitrogens is 2. The molecule has 0 aromatic carbocycles. The summed E-state index contributed by atoms with van der Waals surface area (Å²) in [6.45, 7) is 0.220. The van der Waals surface area contributed by atoms with E-state index in [0.717, 1.165) is 25.7 Å². The predicted octanol–water partition coefficient (Wildman–Crippen LogP) is 0.992. The molecule has 2 N–H and O–H groups in total. The smallest absolute Gasteiger partial charge is 0.327 e. The van der Waals surface area contributed by atoms with Crippen LogP contribution >= 0.6 is 0 Å². The molecular weight excluding hydrogens is 206 g/mol. The molecule has 1 saturated carbocycles. The van der Waals surface area contributed by atoms with Crippen LogP contribution in [0, 0.1) is 5.92 Å². The number of aliphatic hydroxyl groups excluding tert-OH is 1. The Morgan fingerprint density at radius 2 is 2.44 bits per heavy atom. The normalized spacial score (nSPS) is 25.3. The van der Waals surface area contributed by atoms with Crippen molar-refractivity contribution in [2.45, 2.75) is 31.7 Å². The Labute approximate surface area is 94.5 Å². The van der Waals surface area contributed by atoms with Gasteiger partial charge in [0.05, 0.1) is 0 Å². The van der Waals surface area contributed by atoms with Crippen LogP contribution in [0.5, 0.6) is 0 Å². The first kappa shape index (κ1) is 11.1. The van der Waals surface area contributed by atoms with E-state index in [2.05, 4.69) is 10.3 Å². The van der Waals surface area contributed by atoms with Gasteiger partial charge >= 0.3 is 6.03 Å². The number of rotatable bonds is 2. The molecule has 2 unspecified atom stereocenters. The van der Waals surface area contributed by atoms with Crippen molar-refractivity contribution >= 4 is 6.03 Å². The Balaban J connectivity index is 1.87. The van der Waals surface area contributed by atoms with Crippen molar-refractivity contribution in [2.24, 2.45) is 5.92 Å². The fourth-order valence-electron chi connectivity index (χ4n) is 2.22. The van der Waals surface area contributed by atoms with Crippen molar-refractivity contribution in [2.75, 3.05) is 6.61 Å². The van der Waals surface area contributed by atoms with Crippen molar-refractivity contribution in [3.8, 4) is 0 Å². The fourth-order valence-corrected chi connectivity index (χ4v) is 2.22. The summed E-state index contributed by atoms with van der Waals surface area (Å²) < 4.78 is 1.43. The largest absolute Gasteiger partial charge is 0.396 e. The van der Waals surface area contributed by atoms with Crippen molar-refractivity contribution in [1.82, 2.24) is 14.9 Å². The van der Waals surface area contributed by atoms with Gasteiger partial charge in [0.2, 0.25) is 0 Å². The van der Waals surface area contributed by atoms with Gasteiger partial charge in [-0.15, -0.1) is 0 Å². The quantitative estimate of drug-likeness (QED) is 0.785. The Morgan fingerprint density at radius 1 is 1.56 bits per heavy atom. The van der Waals surface area contributed by atoms with Gasteiger partial charge in [-0.05, 0) is 25.2 Å². The molecule has 1 aromatic heterocycles. The second kappa shape index (κ2) is 5.12. The second-order valence-electron chi connectivity index (χ2n) is 4.33. The van der Waals surface area contributed by atoms with Crippen LogP contribution in [0.1, 0.15) is 25.7 Å². The number of nitrogens with zero attached hydrogens (tertiary/aromatic N) is 2. The van der Waals surface area contributed by atoms with Crippen molar-refractivity contribution in [1.29, 1.82) is 0 Å². The Morgan fingerprint density at radius 3 is 3.12 bits per heavy atom. The molecule has 0 radical (unpaired) electrons. The van der Waals surface area contributed by atoms with E-state index in [1.807, 2.05) is 0 Å². The minimum atomic E-state index is -0.138. The topological polar surface area (TPSA) is 67.2 Å². The number of hydrogen-bond acceptors (Lipinski definition) is 3. The summed E-state index contributed by atoms with van der Waals surface area (Å²) in [5.41, 5.74) is 0. The van der Waals surface area contributed by atoms with E-state index in [-0.39, 0.29) is 18.7 Å². The third-order valence-electron chi connectivity index (χ3n) is 3.11. The highest BCUT2D eigenvalue weighted by Gasteiger charge is 2.22. The summed E-state index contributed by atoms with van der Waals surface area (Å²) >= 11 is 0. The van der Waals surface area contributed by atoms with Gasteiger partial charge in [0, 0.05) is 25.0 Å². The van der Waals surface area contributed by atoms with Crippen molar-refractivity contribution in [3.05, 3.63) is 18.7 Å². The van der Waals surface area contributed by atoms with E-state index < -0.39 is 0 Å². The van der Waals surface area contributed by atoms with Crippen LogP contribution in [-0.4, -0.2) is 33.3 Å². The minimum Gasteiger partial charge on any atom is -0.396 e. The molecule has 16 heavy (non-hydrogen) atoms. The lowest BCUT2D eigenvalue weighted by Gasteiger charge is -2.28. The highest BCUT2D eigenvalue weighted by Crippen LogP contribution is 2.23. The van der Waals surface area contributed by atoms with Crippen LogP contribution in [0.25, 0.3) is 0 Å². The number of nitrogens with one attached hydrogen (secondary N) is 1. The number of amides is 1. The molecule has 2 rings (SSSR count). The van der Waals surface area contributed by atoms with Crippen LogP contribution < -0.4 is 5.32 Å². The van der Waals surface area contributed by atoms with E-state index in [4.69, 9.17) is 5.11 Å². The third kappa shape index (κ3) is 2.61. The van der Waals surface area contributed by atoms with E-state index in [1.54, 1.807) is 12.4 Å². The molecule has 1 heterocycles. The molecule has 5 nitrogen and oxygen atoms in total. The molecule has 0 spiro atoms. The van der Waals surface area contributed by atoms with Gasteiger partial charge in [0.1, 0.15) is 6.33 Å². The first-order chi connectivity index (χ1) is 7.79. The van der Waals surface area contributed by atoms with Gasteiger partial charge < -0.3 is 10.4 Å². The number of carbonyl (C=O) groups is 1. The van der Waals surface area contributed by atoms with E-state index in [9.17, 15) is 4.79 Å². The highest BCUT2D eigenvalue weighted by atomic mass is 16.3. The maximum absolute atomic E-state index is 11.7. The summed E-state index contributed by atoms with van der Waals surface area (Å²) in [4.78, 5) is 15.5. The van der Waals surface area contributed by atoms with Gasteiger partial charge in [0.15, 0.2) is 0 Å². The predicted molar refractivity (Wildman–Crippen MR) is 59.0 cm³/mol. The zero-order chi connectivity index (χ0) is 11.4. The molecule has 1 aliphatic carbocycles. The van der Waals surface area contributed by atoms with Crippen molar-refractivity contribution < 1.29 is 9.90 Å². The van der Waals surface area contributed by atoms with Crippen LogP contribution in [-0.2, 0) is 0 Å². The molecule has 1 aliphatic rings. The van der Waals surface area contributed by atoms with Crippen molar-refractivity contribution in [3.63, 3.8) is 0 Å². The number of carbonyl (C=O) groups excluding carboxylic acids is 1. The zero-order valence-electron chi connectivity index (χ0n) is 9.17. The lowest BCUT2D eigenvalue weighted by Crippen LogP contribution is -2.40. The van der Waals surface area contributed by atoms with E-state index >= 15 is 0 Å². The first-order valence-electron chi connectivity index (χ1n) is 5.69.